The second-order valence-electron chi connectivity index (χ2n) is 3.30. The van der Waals surface area contributed by atoms with E-state index >= 15 is 0 Å². The van der Waals surface area contributed by atoms with Crippen molar-refractivity contribution in [2.24, 2.45) is 0 Å². The van der Waals surface area contributed by atoms with Crippen LogP contribution in [0.25, 0.3) is 6.08 Å². The number of hydrogen-bond donors (Lipinski definition) is 0. The zero-order valence-corrected chi connectivity index (χ0v) is 8.88. The normalized spacial score (nSPS) is 10.4. The van der Waals surface area contributed by atoms with Gasteiger partial charge in [0.1, 0.15) is 0 Å². The van der Waals surface area contributed by atoms with Gasteiger partial charge in [-0.15, -0.1) is 12.3 Å². The summed E-state index contributed by atoms with van der Waals surface area (Å²) in [5.74, 6) is 2.60. The van der Waals surface area contributed by atoms with Crippen molar-refractivity contribution in [2.75, 3.05) is 0 Å². The van der Waals surface area contributed by atoms with Crippen molar-refractivity contribution < 1.29 is 0 Å². The van der Waals surface area contributed by atoms with Crippen LogP contribution in [0.3, 0.4) is 0 Å². The SMILES string of the molecule is C#CC/C=C\c1cccc(CC)c1C. The molecule has 14 heavy (non-hydrogen) atoms. The van der Waals surface area contributed by atoms with Crippen molar-refractivity contribution in [3.05, 3.63) is 41.0 Å². The van der Waals surface area contributed by atoms with E-state index in [0.29, 0.717) is 6.42 Å². The van der Waals surface area contributed by atoms with Gasteiger partial charge in [0.05, 0.1) is 0 Å². The van der Waals surface area contributed by atoms with Crippen LogP contribution < -0.4 is 0 Å². The summed E-state index contributed by atoms with van der Waals surface area (Å²) >= 11 is 0. The minimum absolute atomic E-state index is 0.704. The van der Waals surface area contributed by atoms with Crippen LogP contribution in [0, 0.1) is 19.3 Å². The first-order valence-corrected chi connectivity index (χ1v) is 4.98. The zero-order chi connectivity index (χ0) is 10.4. The third kappa shape index (κ3) is 2.50. The molecule has 72 valence electrons. The summed E-state index contributed by atoms with van der Waals surface area (Å²) in [6.45, 7) is 4.34. The molecule has 0 fully saturated rings. The number of benzene rings is 1. The first-order chi connectivity index (χ1) is 6.79. The first kappa shape index (κ1) is 10.6. The Balaban J connectivity index is 2.93. The molecule has 0 aromatic heterocycles. The van der Waals surface area contributed by atoms with Crippen molar-refractivity contribution in [1.82, 2.24) is 0 Å². The Morgan fingerprint density at radius 1 is 1.43 bits per heavy atom. The average molecular weight is 184 g/mol. The Morgan fingerprint density at radius 3 is 2.86 bits per heavy atom. The molecule has 1 rings (SSSR count). The molecule has 0 aliphatic heterocycles. The second kappa shape index (κ2) is 5.29. The molecule has 0 heterocycles. The van der Waals surface area contributed by atoms with Crippen LogP contribution in [0.5, 0.6) is 0 Å². The van der Waals surface area contributed by atoms with Crippen LogP contribution in [0.15, 0.2) is 24.3 Å². The average Bonchev–Trinajstić information content (AvgIpc) is 2.21. The Hall–Kier alpha value is -1.48. The van der Waals surface area contributed by atoms with E-state index in [0.717, 1.165) is 6.42 Å². The molecule has 0 nitrogen and oxygen atoms in total. The fourth-order valence-corrected chi connectivity index (χ4v) is 1.52. The third-order valence-corrected chi connectivity index (χ3v) is 2.40. The Kier molecular flexibility index (Phi) is 4.01. The lowest BCUT2D eigenvalue weighted by Gasteiger charge is -2.05. The van der Waals surface area contributed by atoms with Crippen molar-refractivity contribution in [2.45, 2.75) is 26.7 Å². The second-order valence-corrected chi connectivity index (χ2v) is 3.30. The monoisotopic (exact) mass is 184 g/mol. The van der Waals surface area contributed by atoms with Gasteiger partial charge in [0.2, 0.25) is 0 Å². The van der Waals surface area contributed by atoms with Crippen LogP contribution in [0.2, 0.25) is 0 Å². The summed E-state index contributed by atoms with van der Waals surface area (Å²) in [7, 11) is 0. The lowest BCUT2D eigenvalue weighted by atomic mass is 10.0. The third-order valence-electron chi connectivity index (χ3n) is 2.40. The van der Waals surface area contributed by atoms with Gasteiger partial charge in [-0.05, 0) is 30.0 Å². The fraction of sp³-hybridized carbons (Fsp3) is 0.286. The number of rotatable bonds is 3. The highest BCUT2D eigenvalue weighted by Gasteiger charge is 1.98. The molecule has 0 bridgehead atoms. The summed E-state index contributed by atoms with van der Waals surface area (Å²) in [5.41, 5.74) is 4.05. The largest absolute Gasteiger partial charge is 0.120 e. The highest BCUT2D eigenvalue weighted by molar-refractivity contribution is 5.55. The predicted molar refractivity (Wildman–Crippen MR) is 63.0 cm³/mol. The van der Waals surface area contributed by atoms with E-state index < -0.39 is 0 Å². The molecule has 0 spiro atoms. The molecule has 0 aliphatic carbocycles. The van der Waals surface area contributed by atoms with E-state index in [1.807, 2.05) is 6.08 Å². The van der Waals surface area contributed by atoms with E-state index in [1.165, 1.54) is 16.7 Å². The van der Waals surface area contributed by atoms with Crippen LogP contribution in [-0.2, 0) is 6.42 Å². The van der Waals surface area contributed by atoms with Crippen molar-refractivity contribution in [3.8, 4) is 12.3 Å². The maximum Gasteiger partial charge on any atom is 0.0270 e. The zero-order valence-electron chi connectivity index (χ0n) is 8.88. The van der Waals surface area contributed by atoms with Crippen molar-refractivity contribution in [1.29, 1.82) is 0 Å². The van der Waals surface area contributed by atoms with Crippen LogP contribution >= 0.6 is 0 Å². The molecule has 1 aromatic carbocycles. The van der Waals surface area contributed by atoms with E-state index in [2.05, 4.69) is 44.0 Å². The number of aryl methyl sites for hydroxylation is 1. The minimum atomic E-state index is 0.704. The molecule has 0 N–H and O–H groups in total. The lowest BCUT2D eigenvalue weighted by molar-refractivity contribution is 1.11. The standard InChI is InChI=1S/C14H16/c1-4-6-7-9-14-11-8-10-13(5-2)12(14)3/h1,7-11H,5-6H2,2-3H3/b9-7-. The van der Waals surface area contributed by atoms with E-state index in [1.54, 1.807) is 0 Å². The first-order valence-electron chi connectivity index (χ1n) is 4.98. The number of terminal acetylenes is 1. The summed E-state index contributed by atoms with van der Waals surface area (Å²) in [6, 6.07) is 6.40. The number of hydrogen-bond acceptors (Lipinski definition) is 0. The highest BCUT2D eigenvalue weighted by Crippen LogP contribution is 2.15. The smallest absolute Gasteiger partial charge is 0.0270 e. The molecule has 0 saturated heterocycles. The molecule has 1 aromatic rings. The van der Waals surface area contributed by atoms with Gasteiger partial charge in [-0.2, -0.15) is 0 Å². The molecule has 0 atom stereocenters. The van der Waals surface area contributed by atoms with Crippen molar-refractivity contribution in [3.63, 3.8) is 0 Å². The Labute approximate surface area is 86.7 Å². The van der Waals surface area contributed by atoms with Gasteiger partial charge in [0.25, 0.3) is 0 Å². The van der Waals surface area contributed by atoms with Gasteiger partial charge in [-0.25, -0.2) is 0 Å². The topological polar surface area (TPSA) is 0 Å². The van der Waals surface area contributed by atoms with Gasteiger partial charge < -0.3 is 0 Å². The van der Waals surface area contributed by atoms with Crippen LogP contribution in [0.1, 0.15) is 30.0 Å². The van der Waals surface area contributed by atoms with Gasteiger partial charge in [-0.3, -0.25) is 0 Å². The van der Waals surface area contributed by atoms with Gasteiger partial charge in [0, 0.05) is 6.42 Å². The highest BCUT2D eigenvalue weighted by atomic mass is 14.0. The maximum absolute atomic E-state index is 5.19. The maximum atomic E-state index is 5.19. The van der Waals surface area contributed by atoms with Crippen LogP contribution in [0.4, 0.5) is 0 Å². The Morgan fingerprint density at radius 2 is 2.21 bits per heavy atom. The van der Waals surface area contributed by atoms with Gasteiger partial charge in [0.15, 0.2) is 0 Å². The van der Waals surface area contributed by atoms with E-state index in [4.69, 9.17) is 6.42 Å². The summed E-state index contributed by atoms with van der Waals surface area (Å²) in [6.07, 6.45) is 11.1. The molecular formula is C14H16. The quantitative estimate of drug-likeness (QED) is 0.630. The number of allylic oxidation sites excluding steroid dienone is 1. The summed E-state index contributed by atoms with van der Waals surface area (Å²) in [5, 5.41) is 0. The van der Waals surface area contributed by atoms with Gasteiger partial charge >= 0.3 is 0 Å². The molecule has 0 saturated carbocycles. The molecule has 0 unspecified atom stereocenters. The lowest BCUT2D eigenvalue weighted by Crippen LogP contribution is -1.88. The van der Waals surface area contributed by atoms with Gasteiger partial charge in [-0.1, -0.05) is 37.3 Å². The molecule has 0 amide bonds. The van der Waals surface area contributed by atoms with Crippen molar-refractivity contribution >= 4 is 6.08 Å². The van der Waals surface area contributed by atoms with Crippen LogP contribution in [-0.4, -0.2) is 0 Å². The minimum Gasteiger partial charge on any atom is -0.120 e. The molecular weight excluding hydrogens is 168 g/mol. The van der Waals surface area contributed by atoms with E-state index in [-0.39, 0.29) is 0 Å². The molecule has 0 aliphatic rings. The fourth-order valence-electron chi connectivity index (χ4n) is 1.52. The summed E-state index contributed by atoms with van der Waals surface area (Å²) < 4.78 is 0. The molecule has 0 heteroatoms. The molecule has 0 radical (unpaired) electrons. The van der Waals surface area contributed by atoms with E-state index in [9.17, 15) is 0 Å². The summed E-state index contributed by atoms with van der Waals surface area (Å²) in [4.78, 5) is 0. The Bertz CT molecular complexity index is 364. The predicted octanol–water partition coefficient (Wildman–Crippen LogP) is 3.59.